The second kappa shape index (κ2) is 6.04. The summed E-state index contributed by atoms with van der Waals surface area (Å²) in [6.45, 7) is 8.63. The molecule has 3 nitrogen and oxygen atoms in total. The summed E-state index contributed by atoms with van der Waals surface area (Å²) in [5, 5.41) is 4.72. The van der Waals surface area contributed by atoms with Crippen LogP contribution in [0.15, 0.2) is 24.3 Å². The molecule has 0 radical (unpaired) electrons. The van der Waals surface area contributed by atoms with Crippen molar-refractivity contribution in [3.8, 4) is 11.3 Å². The highest BCUT2D eigenvalue weighted by molar-refractivity contribution is 5.75. The molecule has 0 atom stereocenters. The summed E-state index contributed by atoms with van der Waals surface area (Å²) in [6.07, 6.45) is 1.48. The topological polar surface area (TPSA) is 34.9 Å². The van der Waals surface area contributed by atoms with Crippen LogP contribution in [0.4, 0.5) is 0 Å². The van der Waals surface area contributed by atoms with Crippen molar-refractivity contribution in [3.05, 3.63) is 41.1 Å². The first-order valence-corrected chi connectivity index (χ1v) is 7.15. The molecule has 0 saturated carbocycles. The monoisotopic (exact) mass is 270 g/mol. The van der Waals surface area contributed by atoms with E-state index in [0.717, 1.165) is 17.7 Å². The quantitative estimate of drug-likeness (QED) is 0.830. The van der Waals surface area contributed by atoms with Gasteiger partial charge in [-0.25, -0.2) is 0 Å². The molecule has 2 aromatic rings. The molecule has 0 saturated heterocycles. The van der Waals surface area contributed by atoms with Gasteiger partial charge in [-0.2, -0.15) is 5.10 Å². The van der Waals surface area contributed by atoms with Crippen molar-refractivity contribution in [2.45, 2.75) is 47.1 Å². The van der Waals surface area contributed by atoms with E-state index < -0.39 is 0 Å². The summed E-state index contributed by atoms with van der Waals surface area (Å²) >= 11 is 0. The number of Topliss-reactive ketones (excluding diaryl/α,β-unsaturated/α-hetero) is 1. The molecule has 0 spiro atoms. The lowest BCUT2D eigenvalue weighted by molar-refractivity contribution is -0.117. The summed E-state index contributed by atoms with van der Waals surface area (Å²) in [5.41, 5.74) is 5.87. The van der Waals surface area contributed by atoms with Gasteiger partial charge in [-0.05, 0) is 32.8 Å². The SMILES string of the molecule is CCc1c(C)c(-c2ccc(C)cc2)nn1CCC(C)=O. The van der Waals surface area contributed by atoms with Crippen LogP contribution in [0, 0.1) is 13.8 Å². The number of aryl methyl sites for hydroxylation is 2. The number of ketones is 1. The molecule has 106 valence electrons. The van der Waals surface area contributed by atoms with Gasteiger partial charge in [0.1, 0.15) is 5.78 Å². The van der Waals surface area contributed by atoms with Gasteiger partial charge in [-0.1, -0.05) is 36.8 Å². The lowest BCUT2D eigenvalue weighted by atomic mass is 10.0. The van der Waals surface area contributed by atoms with Crippen molar-refractivity contribution in [2.24, 2.45) is 0 Å². The van der Waals surface area contributed by atoms with E-state index in [9.17, 15) is 4.79 Å². The zero-order valence-electron chi connectivity index (χ0n) is 12.7. The Morgan fingerprint density at radius 1 is 1.20 bits per heavy atom. The number of rotatable bonds is 5. The number of carbonyl (C=O) groups is 1. The van der Waals surface area contributed by atoms with E-state index in [-0.39, 0.29) is 5.78 Å². The average molecular weight is 270 g/mol. The average Bonchev–Trinajstić information content (AvgIpc) is 2.73. The molecule has 1 aromatic carbocycles. The molecule has 1 heterocycles. The van der Waals surface area contributed by atoms with Gasteiger partial charge in [-0.15, -0.1) is 0 Å². The number of benzene rings is 1. The van der Waals surface area contributed by atoms with E-state index in [2.05, 4.69) is 45.0 Å². The van der Waals surface area contributed by atoms with Crippen molar-refractivity contribution >= 4 is 5.78 Å². The lowest BCUT2D eigenvalue weighted by Gasteiger charge is -2.04. The zero-order chi connectivity index (χ0) is 14.7. The Morgan fingerprint density at radius 3 is 2.40 bits per heavy atom. The van der Waals surface area contributed by atoms with E-state index in [0.29, 0.717) is 13.0 Å². The predicted molar refractivity (Wildman–Crippen MR) is 81.8 cm³/mol. The van der Waals surface area contributed by atoms with Gasteiger partial charge in [0, 0.05) is 24.2 Å². The van der Waals surface area contributed by atoms with E-state index in [1.54, 1.807) is 6.92 Å². The van der Waals surface area contributed by atoms with Crippen molar-refractivity contribution in [2.75, 3.05) is 0 Å². The van der Waals surface area contributed by atoms with Gasteiger partial charge >= 0.3 is 0 Å². The van der Waals surface area contributed by atoms with E-state index in [1.807, 2.05) is 4.68 Å². The normalized spacial score (nSPS) is 10.8. The van der Waals surface area contributed by atoms with Gasteiger partial charge in [-0.3, -0.25) is 9.48 Å². The molecular weight excluding hydrogens is 248 g/mol. The fraction of sp³-hybridized carbons (Fsp3) is 0.412. The van der Waals surface area contributed by atoms with Crippen molar-refractivity contribution in [1.29, 1.82) is 0 Å². The molecule has 0 aliphatic rings. The van der Waals surface area contributed by atoms with Crippen LogP contribution in [0.2, 0.25) is 0 Å². The molecule has 0 aliphatic heterocycles. The number of hydrogen-bond acceptors (Lipinski definition) is 2. The highest BCUT2D eigenvalue weighted by atomic mass is 16.1. The van der Waals surface area contributed by atoms with Crippen LogP contribution in [0.5, 0.6) is 0 Å². The fourth-order valence-corrected chi connectivity index (χ4v) is 2.47. The minimum atomic E-state index is 0.206. The third kappa shape index (κ3) is 2.98. The third-order valence-corrected chi connectivity index (χ3v) is 3.66. The third-order valence-electron chi connectivity index (χ3n) is 3.66. The van der Waals surface area contributed by atoms with Crippen LogP contribution in [0.1, 0.15) is 37.1 Å². The standard InChI is InChI=1S/C17H22N2O/c1-5-16-14(4)17(15-8-6-12(2)7-9-15)18-19(16)11-10-13(3)20/h6-9H,5,10-11H2,1-4H3. The van der Waals surface area contributed by atoms with Crippen LogP contribution in [0.3, 0.4) is 0 Å². The van der Waals surface area contributed by atoms with Crippen LogP contribution < -0.4 is 0 Å². The van der Waals surface area contributed by atoms with Gasteiger partial charge in [0.15, 0.2) is 0 Å². The van der Waals surface area contributed by atoms with E-state index in [1.165, 1.54) is 16.8 Å². The highest BCUT2D eigenvalue weighted by Crippen LogP contribution is 2.25. The van der Waals surface area contributed by atoms with Crippen molar-refractivity contribution in [1.82, 2.24) is 9.78 Å². The first-order chi connectivity index (χ1) is 9.52. The second-order valence-corrected chi connectivity index (χ2v) is 5.32. The van der Waals surface area contributed by atoms with Crippen molar-refractivity contribution in [3.63, 3.8) is 0 Å². The Morgan fingerprint density at radius 2 is 1.85 bits per heavy atom. The van der Waals surface area contributed by atoms with E-state index >= 15 is 0 Å². The largest absolute Gasteiger partial charge is 0.300 e. The molecule has 3 heteroatoms. The molecule has 0 unspecified atom stereocenters. The second-order valence-electron chi connectivity index (χ2n) is 5.32. The van der Waals surface area contributed by atoms with Crippen LogP contribution in [0.25, 0.3) is 11.3 Å². The first-order valence-electron chi connectivity index (χ1n) is 7.15. The number of hydrogen-bond donors (Lipinski definition) is 0. The molecule has 1 aromatic heterocycles. The lowest BCUT2D eigenvalue weighted by Crippen LogP contribution is -2.07. The highest BCUT2D eigenvalue weighted by Gasteiger charge is 2.14. The minimum Gasteiger partial charge on any atom is -0.300 e. The van der Waals surface area contributed by atoms with Crippen LogP contribution in [-0.2, 0) is 17.8 Å². The summed E-state index contributed by atoms with van der Waals surface area (Å²) in [5.74, 6) is 0.206. The molecule has 0 bridgehead atoms. The maximum Gasteiger partial charge on any atom is 0.131 e. The maximum atomic E-state index is 11.2. The van der Waals surface area contributed by atoms with Gasteiger partial charge in [0.2, 0.25) is 0 Å². The summed E-state index contributed by atoms with van der Waals surface area (Å²) in [6, 6.07) is 8.43. The summed E-state index contributed by atoms with van der Waals surface area (Å²) < 4.78 is 1.99. The maximum absolute atomic E-state index is 11.2. The smallest absolute Gasteiger partial charge is 0.131 e. The molecule has 2 rings (SSSR count). The molecule has 0 amide bonds. The van der Waals surface area contributed by atoms with Gasteiger partial charge in [0.05, 0.1) is 5.69 Å². The number of aromatic nitrogens is 2. The van der Waals surface area contributed by atoms with E-state index in [4.69, 9.17) is 5.10 Å². The Kier molecular flexibility index (Phi) is 4.38. The molecule has 0 fully saturated rings. The van der Waals surface area contributed by atoms with Gasteiger partial charge in [0.25, 0.3) is 0 Å². The fourth-order valence-electron chi connectivity index (χ4n) is 2.47. The molecule has 0 N–H and O–H groups in total. The predicted octanol–water partition coefficient (Wildman–Crippen LogP) is 3.71. The van der Waals surface area contributed by atoms with Crippen LogP contribution in [-0.4, -0.2) is 15.6 Å². The number of carbonyl (C=O) groups excluding carboxylic acids is 1. The van der Waals surface area contributed by atoms with Gasteiger partial charge < -0.3 is 0 Å². The Bertz CT molecular complexity index is 609. The minimum absolute atomic E-state index is 0.206. The Labute approximate surface area is 120 Å². The van der Waals surface area contributed by atoms with Crippen molar-refractivity contribution < 1.29 is 4.79 Å². The molecular formula is C17H22N2O. The zero-order valence-corrected chi connectivity index (χ0v) is 12.7. The molecule has 0 aliphatic carbocycles. The summed E-state index contributed by atoms with van der Waals surface area (Å²) in [4.78, 5) is 11.2. The Balaban J connectivity index is 2.39. The first kappa shape index (κ1) is 14.5. The Hall–Kier alpha value is -1.90. The van der Waals surface area contributed by atoms with Crippen LogP contribution >= 0.6 is 0 Å². The summed E-state index contributed by atoms with van der Waals surface area (Å²) in [7, 11) is 0. The number of nitrogens with zero attached hydrogens (tertiary/aromatic N) is 2. The molecule has 20 heavy (non-hydrogen) atoms.